The molecule has 0 unspecified atom stereocenters. The third-order valence-corrected chi connectivity index (χ3v) is 3.57. The first-order chi connectivity index (χ1) is 11.3. The van der Waals surface area contributed by atoms with E-state index >= 15 is 0 Å². The van der Waals surface area contributed by atoms with Gasteiger partial charge in [0.25, 0.3) is 0 Å². The number of alkyl halides is 3. The van der Waals surface area contributed by atoms with Crippen LogP contribution in [0.25, 0.3) is 0 Å². The van der Waals surface area contributed by atoms with Crippen molar-refractivity contribution in [2.45, 2.75) is 19.1 Å². The lowest BCUT2D eigenvalue weighted by atomic mass is 10.1. The van der Waals surface area contributed by atoms with Crippen LogP contribution in [0, 0.1) is 5.82 Å². The van der Waals surface area contributed by atoms with Gasteiger partial charge in [-0.2, -0.15) is 13.2 Å². The normalized spacial score (nSPS) is 11.2. The molecule has 0 aliphatic rings. The predicted molar refractivity (Wildman–Crippen MR) is 89.0 cm³/mol. The van der Waals surface area contributed by atoms with E-state index in [1.165, 1.54) is 0 Å². The minimum absolute atomic E-state index is 0.0119. The van der Waals surface area contributed by atoms with E-state index in [0.717, 1.165) is 24.1 Å². The minimum Gasteiger partial charge on any atom is -0.362 e. The largest absolute Gasteiger partial charge is 0.416 e. The third-order valence-electron chi connectivity index (χ3n) is 3.28. The summed E-state index contributed by atoms with van der Waals surface area (Å²) in [6.45, 7) is 0.602. The number of halogens is 4. The summed E-state index contributed by atoms with van der Waals surface area (Å²) in [6.07, 6.45) is -3.81. The maximum absolute atomic E-state index is 13.3. The first kappa shape index (κ1) is 18.2. The van der Waals surface area contributed by atoms with Gasteiger partial charge in [0.1, 0.15) is 5.82 Å². The molecule has 2 aromatic rings. The van der Waals surface area contributed by atoms with Gasteiger partial charge in [0.05, 0.1) is 5.56 Å². The summed E-state index contributed by atoms with van der Waals surface area (Å²) < 4.78 is 51.2. The lowest BCUT2D eigenvalue weighted by Gasteiger charge is -2.12. The van der Waals surface area contributed by atoms with Gasteiger partial charge >= 0.3 is 6.18 Å². The highest BCUT2D eigenvalue weighted by Gasteiger charge is 2.31. The summed E-state index contributed by atoms with van der Waals surface area (Å²) >= 11 is 5.07. The Morgan fingerprint density at radius 2 is 1.67 bits per heavy atom. The SMILES string of the molecule is Fc1cc(CNC(=S)NCCc2ccccc2)cc(C(F)(F)F)c1. The van der Waals surface area contributed by atoms with Crippen molar-refractivity contribution in [3.63, 3.8) is 0 Å². The number of nitrogens with one attached hydrogen (secondary N) is 2. The number of rotatable bonds is 5. The van der Waals surface area contributed by atoms with Crippen molar-refractivity contribution in [3.8, 4) is 0 Å². The molecule has 2 N–H and O–H groups in total. The Morgan fingerprint density at radius 3 is 2.33 bits per heavy atom. The molecule has 128 valence electrons. The summed E-state index contributed by atoms with van der Waals surface area (Å²) in [5.74, 6) is -0.926. The van der Waals surface area contributed by atoms with E-state index in [-0.39, 0.29) is 12.1 Å². The fourth-order valence-electron chi connectivity index (χ4n) is 2.13. The number of benzene rings is 2. The Labute approximate surface area is 142 Å². The van der Waals surface area contributed by atoms with E-state index in [2.05, 4.69) is 10.6 Å². The fraction of sp³-hybridized carbons (Fsp3) is 0.235. The third kappa shape index (κ3) is 5.81. The van der Waals surface area contributed by atoms with Gasteiger partial charge in [-0.25, -0.2) is 4.39 Å². The topological polar surface area (TPSA) is 24.1 Å². The van der Waals surface area contributed by atoms with Gasteiger partial charge < -0.3 is 10.6 Å². The molecule has 2 nitrogen and oxygen atoms in total. The van der Waals surface area contributed by atoms with Crippen molar-refractivity contribution >= 4 is 17.3 Å². The van der Waals surface area contributed by atoms with Crippen molar-refractivity contribution in [3.05, 3.63) is 71.0 Å². The van der Waals surface area contributed by atoms with Crippen LogP contribution in [-0.2, 0) is 19.1 Å². The fourth-order valence-corrected chi connectivity index (χ4v) is 2.30. The Kier molecular flexibility index (Phi) is 6.14. The van der Waals surface area contributed by atoms with Crippen LogP contribution in [0.1, 0.15) is 16.7 Å². The molecule has 0 spiro atoms. The number of hydrogen-bond acceptors (Lipinski definition) is 1. The average Bonchev–Trinajstić information content (AvgIpc) is 2.53. The molecule has 0 radical (unpaired) electrons. The first-order valence-corrected chi connectivity index (χ1v) is 7.68. The van der Waals surface area contributed by atoms with Gasteiger partial charge in [0.15, 0.2) is 5.11 Å². The van der Waals surface area contributed by atoms with Gasteiger partial charge in [0, 0.05) is 13.1 Å². The Morgan fingerprint density at radius 1 is 0.958 bits per heavy atom. The minimum atomic E-state index is -4.58. The maximum Gasteiger partial charge on any atom is 0.416 e. The number of thiocarbonyl (C=S) groups is 1. The standard InChI is InChI=1S/C17H16F4N2S/c18-15-9-13(8-14(10-15)17(19,20)21)11-23-16(24)22-7-6-12-4-2-1-3-5-12/h1-5,8-10H,6-7,11H2,(H2,22,23,24). The molecular formula is C17H16F4N2S. The molecule has 0 aliphatic heterocycles. The molecule has 0 fully saturated rings. The van der Waals surface area contributed by atoms with E-state index in [1.54, 1.807) is 0 Å². The quantitative estimate of drug-likeness (QED) is 0.624. The van der Waals surface area contributed by atoms with Crippen molar-refractivity contribution in [2.24, 2.45) is 0 Å². The van der Waals surface area contributed by atoms with Crippen molar-refractivity contribution < 1.29 is 17.6 Å². The molecule has 0 aromatic heterocycles. The van der Waals surface area contributed by atoms with Gasteiger partial charge in [-0.3, -0.25) is 0 Å². The molecular weight excluding hydrogens is 340 g/mol. The van der Waals surface area contributed by atoms with Gasteiger partial charge in [-0.1, -0.05) is 30.3 Å². The molecule has 0 aliphatic carbocycles. The molecule has 0 atom stereocenters. The predicted octanol–water partition coefficient (Wildman–Crippen LogP) is 4.05. The number of hydrogen-bond donors (Lipinski definition) is 2. The molecule has 24 heavy (non-hydrogen) atoms. The molecule has 0 saturated carbocycles. The highest BCUT2D eigenvalue weighted by molar-refractivity contribution is 7.80. The molecule has 7 heteroatoms. The van der Waals surface area contributed by atoms with Crippen LogP contribution in [0.2, 0.25) is 0 Å². The second kappa shape index (κ2) is 8.10. The van der Waals surface area contributed by atoms with Crippen molar-refractivity contribution in [1.29, 1.82) is 0 Å². The van der Waals surface area contributed by atoms with Crippen LogP contribution < -0.4 is 10.6 Å². The highest BCUT2D eigenvalue weighted by Crippen LogP contribution is 2.30. The Balaban J connectivity index is 1.82. The zero-order chi connectivity index (χ0) is 17.6. The Bertz CT molecular complexity index is 687. The second-order valence-electron chi connectivity index (χ2n) is 5.19. The maximum atomic E-state index is 13.3. The summed E-state index contributed by atoms with van der Waals surface area (Å²) in [7, 11) is 0. The summed E-state index contributed by atoms with van der Waals surface area (Å²) in [4.78, 5) is 0. The van der Waals surface area contributed by atoms with Gasteiger partial charge in [-0.05, 0) is 48.0 Å². The average molecular weight is 356 g/mol. The van der Waals surface area contributed by atoms with Crippen LogP contribution >= 0.6 is 12.2 Å². The second-order valence-corrected chi connectivity index (χ2v) is 5.60. The van der Waals surface area contributed by atoms with Crippen molar-refractivity contribution in [1.82, 2.24) is 10.6 Å². The van der Waals surface area contributed by atoms with E-state index in [4.69, 9.17) is 12.2 Å². The van der Waals surface area contributed by atoms with Gasteiger partial charge in [-0.15, -0.1) is 0 Å². The van der Waals surface area contributed by atoms with Gasteiger partial charge in [0.2, 0.25) is 0 Å². The molecule has 0 heterocycles. The Hall–Kier alpha value is -2.15. The molecule has 0 bridgehead atoms. The lowest BCUT2D eigenvalue weighted by molar-refractivity contribution is -0.137. The summed E-state index contributed by atoms with van der Waals surface area (Å²) in [5.41, 5.74) is 0.310. The van der Waals surface area contributed by atoms with Crippen LogP contribution in [0.3, 0.4) is 0 Å². The van der Waals surface area contributed by atoms with Crippen LogP contribution in [0.4, 0.5) is 17.6 Å². The molecule has 0 saturated heterocycles. The van der Waals surface area contributed by atoms with E-state index in [1.807, 2.05) is 30.3 Å². The monoisotopic (exact) mass is 356 g/mol. The molecule has 2 aromatic carbocycles. The zero-order valence-corrected chi connectivity index (χ0v) is 13.5. The highest BCUT2D eigenvalue weighted by atomic mass is 32.1. The summed E-state index contributed by atoms with van der Waals surface area (Å²) in [5, 5.41) is 6.05. The lowest BCUT2D eigenvalue weighted by Crippen LogP contribution is -2.36. The van der Waals surface area contributed by atoms with E-state index in [9.17, 15) is 17.6 Å². The summed E-state index contributed by atoms with van der Waals surface area (Å²) in [6, 6.07) is 12.2. The smallest absolute Gasteiger partial charge is 0.362 e. The van der Waals surface area contributed by atoms with Crippen LogP contribution in [0.5, 0.6) is 0 Å². The molecule has 2 rings (SSSR count). The van der Waals surface area contributed by atoms with E-state index in [0.29, 0.717) is 17.7 Å². The van der Waals surface area contributed by atoms with Crippen LogP contribution in [0.15, 0.2) is 48.5 Å². The van der Waals surface area contributed by atoms with Crippen molar-refractivity contribution in [2.75, 3.05) is 6.54 Å². The zero-order valence-electron chi connectivity index (χ0n) is 12.7. The molecule has 0 amide bonds. The first-order valence-electron chi connectivity index (χ1n) is 7.27. The van der Waals surface area contributed by atoms with Crippen LogP contribution in [-0.4, -0.2) is 11.7 Å². The van der Waals surface area contributed by atoms with E-state index < -0.39 is 17.6 Å².